The Balaban J connectivity index is 1.92. The van der Waals surface area contributed by atoms with Crippen LogP contribution in [0.4, 0.5) is 0 Å². The van der Waals surface area contributed by atoms with E-state index >= 15 is 0 Å². The second-order valence-electron chi connectivity index (χ2n) is 5.38. The second kappa shape index (κ2) is 6.21. The maximum absolute atomic E-state index is 4.04. The van der Waals surface area contributed by atoms with Gasteiger partial charge in [0.2, 0.25) is 0 Å². The van der Waals surface area contributed by atoms with Crippen LogP contribution in [-0.2, 0) is 0 Å². The molecule has 1 radical (unpaired) electrons. The number of nitrogens with zero attached hydrogens (tertiary/aromatic N) is 2. The zero-order valence-electron chi connectivity index (χ0n) is 11.8. The summed E-state index contributed by atoms with van der Waals surface area (Å²) in [4.78, 5) is 4.72. The van der Waals surface area contributed by atoms with Crippen molar-refractivity contribution in [3.63, 3.8) is 0 Å². The molecule has 0 N–H and O–H groups in total. The van der Waals surface area contributed by atoms with Crippen molar-refractivity contribution in [1.82, 2.24) is 9.80 Å². The highest BCUT2D eigenvalue weighted by molar-refractivity contribution is 5.31. The van der Waals surface area contributed by atoms with E-state index in [-0.39, 0.29) is 0 Å². The molecule has 20 heavy (non-hydrogen) atoms. The first-order valence-corrected chi connectivity index (χ1v) is 7.24. The Bertz CT molecular complexity index is 476. The van der Waals surface area contributed by atoms with Gasteiger partial charge in [-0.25, -0.2) is 0 Å². The summed E-state index contributed by atoms with van der Waals surface area (Å²) in [5, 5.41) is 0. The number of hydrogen-bond donors (Lipinski definition) is 0. The van der Waals surface area contributed by atoms with Crippen LogP contribution in [0.2, 0.25) is 0 Å². The first kappa shape index (κ1) is 13.3. The van der Waals surface area contributed by atoms with E-state index in [9.17, 15) is 0 Å². The zero-order valence-corrected chi connectivity index (χ0v) is 11.8. The van der Waals surface area contributed by atoms with Gasteiger partial charge in [-0.15, -0.1) is 0 Å². The molecule has 2 aromatic carbocycles. The van der Waals surface area contributed by atoms with Crippen molar-refractivity contribution in [2.45, 2.75) is 6.04 Å². The highest BCUT2D eigenvalue weighted by Gasteiger charge is 2.24. The van der Waals surface area contributed by atoms with Crippen LogP contribution < -0.4 is 0 Å². The topological polar surface area (TPSA) is 6.48 Å². The van der Waals surface area contributed by atoms with Gasteiger partial charge in [-0.3, -0.25) is 9.80 Å². The predicted octanol–water partition coefficient (Wildman–Crippen LogP) is 3.19. The van der Waals surface area contributed by atoms with Gasteiger partial charge in [-0.05, 0) is 11.1 Å². The standard InChI is InChI=1S/C18H21N2/c1-19-12-14-20(15-13-19)18(16-8-4-2-5-9-16)17-10-6-3-7-11-17/h2-11,18H,1,12-15H2. The van der Waals surface area contributed by atoms with Crippen molar-refractivity contribution in [3.05, 3.63) is 78.8 Å². The van der Waals surface area contributed by atoms with Crippen molar-refractivity contribution in [1.29, 1.82) is 0 Å². The minimum atomic E-state index is 0.353. The lowest BCUT2D eigenvalue weighted by molar-refractivity contribution is 0.137. The third kappa shape index (κ3) is 2.92. The average Bonchev–Trinajstić information content (AvgIpc) is 2.52. The van der Waals surface area contributed by atoms with E-state index in [0.29, 0.717) is 6.04 Å². The number of benzene rings is 2. The summed E-state index contributed by atoms with van der Waals surface area (Å²) in [7, 11) is 4.04. The van der Waals surface area contributed by atoms with Gasteiger partial charge in [0.05, 0.1) is 6.04 Å². The Hall–Kier alpha value is -1.64. The van der Waals surface area contributed by atoms with Crippen molar-refractivity contribution < 1.29 is 0 Å². The average molecular weight is 265 g/mol. The molecule has 1 aliphatic rings. The van der Waals surface area contributed by atoms with Crippen LogP contribution in [-0.4, -0.2) is 36.0 Å². The summed E-state index contributed by atoms with van der Waals surface area (Å²) in [6, 6.07) is 22.0. The number of rotatable bonds is 3. The fourth-order valence-electron chi connectivity index (χ4n) is 2.91. The molecular weight excluding hydrogens is 244 g/mol. The summed E-state index contributed by atoms with van der Waals surface area (Å²) >= 11 is 0. The predicted molar refractivity (Wildman–Crippen MR) is 83.2 cm³/mol. The summed E-state index contributed by atoms with van der Waals surface area (Å²) in [5.41, 5.74) is 2.74. The van der Waals surface area contributed by atoms with Gasteiger partial charge in [-0.2, -0.15) is 0 Å². The minimum Gasteiger partial charge on any atom is -0.300 e. The van der Waals surface area contributed by atoms with Gasteiger partial charge >= 0.3 is 0 Å². The molecule has 0 spiro atoms. The summed E-state index contributed by atoms with van der Waals surface area (Å²) in [5.74, 6) is 0. The van der Waals surface area contributed by atoms with Crippen molar-refractivity contribution in [2.75, 3.05) is 26.2 Å². The van der Waals surface area contributed by atoms with Gasteiger partial charge in [0.25, 0.3) is 0 Å². The Labute approximate surface area is 121 Å². The maximum Gasteiger partial charge on any atom is 0.0602 e. The van der Waals surface area contributed by atoms with Crippen molar-refractivity contribution >= 4 is 0 Å². The van der Waals surface area contributed by atoms with E-state index in [1.165, 1.54) is 11.1 Å². The van der Waals surface area contributed by atoms with E-state index in [1.807, 2.05) is 0 Å². The van der Waals surface area contributed by atoms with Crippen LogP contribution in [0.5, 0.6) is 0 Å². The van der Waals surface area contributed by atoms with Gasteiger partial charge < -0.3 is 0 Å². The molecular formula is C18H21N2. The van der Waals surface area contributed by atoms with Crippen LogP contribution in [0, 0.1) is 7.05 Å². The van der Waals surface area contributed by atoms with Crippen LogP contribution in [0.25, 0.3) is 0 Å². The molecule has 1 fully saturated rings. The Kier molecular flexibility index (Phi) is 4.14. The van der Waals surface area contributed by atoms with Crippen molar-refractivity contribution in [3.8, 4) is 0 Å². The van der Waals surface area contributed by atoms with Gasteiger partial charge in [0, 0.05) is 33.2 Å². The first-order valence-electron chi connectivity index (χ1n) is 7.24. The second-order valence-corrected chi connectivity index (χ2v) is 5.38. The lowest BCUT2D eigenvalue weighted by atomic mass is 9.96. The molecule has 0 unspecified atom stereocenters. The highest BCUT2D eigenvalue weighted by atomic mass is 15.3. The molecule has 103 valence electrons. The number of hydrogen-bond acceptors (Lipinski definition) is 2. The highest BCUT2D eigenvalue weighted by Crippen LogP contribution is 2.29. The smallest absolute Gasteiger partial charge is 0.0602 e. The fraction of sp³-hybridized carbons (Fsp3) is 0.278. The quantitative estimate of drug-likeness (QED) is 0.841. The molecule has 1 saturated heterocycles. The molecule has 0 atom stereocenters. The van der Waals surface area contributed by atoms with Crippen LogP contribution in [0.1, 0.15) is 17.2 Å². The third-order valence-corrected chi connectivity index (χ3v) is 4.00. The molecule has 1 heterocycles. The van der Waals surface area contributed by atoms with E-state index in [2.05, 4.69) is 77.5 Å². The van der Waals surface area contributed by atoms with Crippen LogP contribution in [0.15, 0.2) is 60.7 Å². The molecule has 0 saturated carbocycles. The molecule has 0 bridgehead atoms. The molecule has 2 nitrogen and oxygen atoms in total. The van der Waals surface area contributed by atoms with E-state index < -0.39 is 0 Å². The summed E-state index contributed by atoms with van der Waals surface area (Å²) < 4.78 is 0. The lowest BCUT2D eigenvalue weighted by Crippen LogP contribution is -2.45. The normalized spacial score (nSPS) is 17.5. The molecule has 0 aromatic heterocycles. The fourth-order valence-corrected chi connectivity index (χ4v) is 2.91. The van der Waals surface area contributed by atoms with Gasteiger partial charge in [0.15, 0.2) is 0 Å². The summed E-state index contributed by atoms with van der Waals surface area (Å²) in [6.45, 7) is 4.21. The van der Waals surface area contributed by atoms with Crippen LogP contribution in [0.3, 0.4) is 0 Å². The lowest BCUT2D eigenvalue weighted by Gasteiger charge is -2.38. The van der Waals surface area contributed by atoms with E-state index in [1.54, 1.807) is 0 Å². The SMILES string of the molecule is [CH2]N1CCN(C(c2ccccc2)c2ccccc2)CC1. The molecule has 2 heteroatoms. The molecule has 2 aromatic rings. The Morgan fingerprint density at radius 2 is 1.15 bits per heavy atom. The summed E-state index contributed by atoms with van der Waals surface area (Å²) in [6.07, 6.45) is 0. The minimum absolute atomic E-state index is 0.353. The van der Waals surface area contributed by atoms with Gasteiger partial charge in [0.1, 0.15) is 0 Å². The van der Waals surface area contributed by atoms with Crippen molar-refractivity contribution in [2.24, 2.45) is 0 Å². The number of piperazine rings is 1. The molecule has 1 aliphatic heterocycles. The zero-order chi connectivity index (χ0) is 13.8. The molecule has 0 amide bonds. The Morgan fingerprint density at radius 1 is 0.700 bits per heavy atom. The van der Waals surface area contributed by atoms with E-state index in [0.717, 1.165) is 26.2 Å². The Morgan fingerprint density at radius 3 is 1.60 bits per heavy atom. The third-order valence-electron chi connectivity index (χ3n) is 4.00. The molecule has 0 aliphatic carbocycles. The van der Waals surface area contributed by atoms with Gasteiger partial charge in [-0.1, -0.05) is 60.7 Å². The monoisotopic (exact) mass is 265 g/mol. The largest absolute Gasteiger partial charge is 0.300 e. The first-order chi connectivity index (χ1) is 9.84. The van der Waals surface area contributed by atoms with Crippen LogP contribution >= 0.6 is 0 Å². The van der Waals surface area contributed by atoms with E-state index in [4.69, 9.17) is 0 Å². The maximum atomic E-state index is 4.04. The molecule has 3 rings (SSSR count).